The molecule has 1 heterocycles. The van der Waals surface area contributed by atoms with E-state index in [0.29, 0.717) is 11.0 Å². The van der Waals surface area contributed by atoms with Crippen molar-refractivity contribution in [3.63, 3.8) is 0 Å². The third-order valence-electron chi connectivity index (χ3n) is 2.51. The summed E-state index contributed by atoms with van der Waals surface area (Å²) in [6.07, 6.45) is 1.76. The Morgan fingerprint density at radius 3 is 2.76 bits per heavy atom. The topological polar surface area (TPSA) is 31.2 Å². The zero-order chi connectivity index (χ0) is 12.3. The van der Waals surface area contributed by atoms with Crippen molar-refractivity contribution < 1.29 is 4.74 Å². The Morgan fingerprint density at radius 1 is 1.24 bits per heavy atom. The molecular formula is C13H12BrNO2. The molecule has 0 saturated carbocycles. The van der Waals surface area contributed by atoms with Gasteiger partial charge < -0.3 is 9.30 Å². The zero-order valence-corrected chi connectivity index (χ0v) is 11.0. The highest BCUT2D eigenvalue weighted by molar-refractivity contribution is 9.10. The minimum atomic E-state index is -0.0431. The number of hydrogen-bond acceptors (Lipinski definition) is 2. The predicted octanol–water partition coefficient (Wildman–Crippen LogP) is 2.67. The number of pyridine rings is 1. The van der Waals surface area contributed by atoms with Crippen LogP contribution in [0, 0.1) is 0 Å². The average Bonchev–Trinajstić information content (AvgIpc) is 2.35. The molecule has 0 N–H and O–H groups in total. The maximum atomic E-state index is 11.8. The van der Waals surface area contributed by atoms with Gasteiger partial charge in [0.05, 0.1) is 18.1 Å². The summed E-state index contributed by atoms with van der Waals surface area (Å²) in [7, 11) is 1.63. The smallest absolute Gasteiger partial charge is 0.265 e. The van der Waals surface area contributed by atoms with Crippen LogP contribution in [-0.2, 0) is 6.54 Å². The van der Waals surface area contributed by atoms with Crippen LogP contribution in [0.15, 0.2) is 51.9 Å². The quantitative estimate of drug-likeness (QED) is 0.871. The summed E-state index contributed by atoms with van der Waals surface area (Å²) in [6.45, 7) is 0.502. The van der Waals surface area contributed by atoms with Gasteiger partial charge in [-0.3, -0.25) is 4.79 Å². The molecule has 2 rings (SSSR count). The first-order valence-electron chi connectivity index (χ1n) is 5.19. The molecule has 0 amide bonds. The van der Waals surface area contributed by atoms with Gasteiger partial charge in [-0.15, -0.1) is 0 Å². The average molecular weight is 294 g/mol. The molecule has 0 saturated heterocycles. The second-order valence-electron chi connectivity index (χ2n) is 3.60. The van der Waals surface area contributed by atoms with Crippen molar-refractivity contribution in [2.45, 2.75) is 6.54 Å². The Morgan fingerprint density at radius 2 is 2.00 bits per heavy atom. The van der Waals surface area contributed by atoms with Gasteiger partial charge in [0.2, 0.25) is 0 Å². The van der Waals surface area contributed by atoms with Crippen LogP contribution in [-0.4, -0.2) is 11.7 Å². The summed E-state index contributed by atoms with van der Waals surface area (Å²) in [6, 6.07) is 11.2. The van der Waals surface area contributed by atoms with Crippen molar-refractivity contribution in [2.75, 3.05) is 7.11 Å². The van der Waals surface area contributed by atoms with Gasteiger partial charge in [0, 0.05) is 11.8 Å². The SMILES string of the molecule is COc1ccccc1Cn1cccc(Br)c1=O. The van der Waals surface area contributed by atoms with Crippen molar-refractivity contribution in [3.05, 3.63) is 63.0 Å². The normalized spacial score (nSPS) is 10.2. The fourth-order valence-electron chi connectivity index (χ4n) is 1.65. The Hall–Kier alpha value is -1.55. The van der Waals surface area contributed by atoms with Crippen LogP contribution in [0.5, 0.6) is 5.75 Å². The number of aromatic nitrogens is 1. The number of halogens is 1. The van der Waals surface area contributed by atoms with Crippen LogP contribution in [0.1, 0.15) is 5.56 Å². The molecule has 88 valence electrons. The summed E-state index contributed by atoms with van der Waals surface area (Å²) < 4.78 is 7.47. The molecule has 1 aromatic carbocycles. The van der Waals surface area contributed by atoms with Gasteiger partial charge in [-0.1, -0.05) is 18.2 Å². The maximum absolute atomic E-state index is 11.8. The van der Waals surface area contributed by atoms with Crippen molar-refractivity contribution in [1.29, 1.82) is 0 Å². The minimum absolute atomic E-state index is 0.0431. The lowest BCUT2D eigenvalue weighted by atomic mass is 10.2. The molecule has 0 aliphatic carbocycles. The van der Waals surface area contributed by atoms with Crippen molar-refractivity contribution in [1.82, 2.24) is 4.57 Å². The number of para-hydroxylation sites is 1. The first kappa shape index (κ1) is 11.9. The molecule has 3 nitrogen and oxygen atoms in total. The van der Waals surface area contributed by atoms with Crippen LogP contribution >= 0.6 is 15.9 Å². The number of benzene rings is 1. The number of ether oxygens (including phenoxy) is 1. The number of hydrogen-bond donors (Lipinski definition) is 0. The predicted molar refractivity (Wildman–Crippen MR) is 70.5 cm³/mol. The van der Waals surface area contributed by atoms with Gasteiger partial charge >= 0.3 is 0 Å². The van der Waals surface area contributed by atoms with Crippen molar-refractivity contribution in [2.24, 2.45) is 0 Å². The molecule has 0 spiro atoms. The summed E-state index contributed by atoms with van der Waals surface area (Å²) >= 11 is 3.23. The van der Waals surface area contributed by atoms with Crippen LogP contribution < -0.4 is 10.3 Å². The maximum Gasteiger partial charge on any atom is 0.265 e. The van der Waals surface area contributed by atoms with Gasteiger partial charge in [-0.05, 0) is 34.1 Å². The standard InChI is InChI=1S/C13H12BrNO2/c1-17-12-7-3-2-5-10(12)9-15-8-4-6-11(14)13(15)16/h2-8H,9H2,1H3. The van der Waals surface area contributed by atoms with Crippen molar-refractivity contribution >= 4 is 15.9 Å². The van der Waals surface area contributed by atoms with E-state index >= 15 is 0 Å². The van der Waals surface area contributed by atoms with Gasteiger partial charge in [0.25, 0.3) is 5.56 Å². The molecule has 0 fully saturated rings. The zero-order valence-electron chi connectivity index (χ0n) is 9.39. The Balaban J connectivity index is 2.38. The minimum Gasteiger partial charge on any atom is -0.496 e. The number of methoxy groups -OCH3 is 1. The number of nitrogens with zero attached hydrogens (tertiary/aromatic N) is 1. The molecule has 4 heteroatoms. The van der Waals surface area contributed by atoms with E-state index in [2.05, 4.69) is 15.9 Å². The molecule has 0 radical (unpaired) electrons. The lowest BCUT2D eigenvalue weighted by Crippen LogP contribution is -2.20. The van der Waals surface area contributed by atoms with Crippen LogP contribution in [0.4, 0.5) is 0 Å². The van der Waals surface area contributed by atoms with E-state index in [0.717, 1.165) is 11.3 Å². The Labute approximate surface area is 108 Å². The first-order chi connectivity index (χ1) is 8.22. The van der Waals surface area contributed by atoms with E-state index in [-0.39, 0.29) is 5.56 Å². The van der Waals surface area contributed by atoms with Crippen LogP contribution in [0.25, 0.3) is 0 Å². The van der Waals surface area contributed by atoms with Crippen LogP contribution in [0.2, 0.25) is 0 Å². The molecular weight excluding hydrogens is 282 g/mol. The largest absolute Gasteiger partial charge is 0.496 e. The van der Waals surface area contributed by atoms with E-state index in [1.54, 1.807) is 23.9 Å². The molecule has 0 atom stereocenters. The third-order valence-corrected chi connectivity index (χ3v) is 3.11. The van der Waals surface area contributed by atoms with Gasteiger partial charge in [0.1, 0.15) is 5.75 Å². The fourth-order valence-corrected chi connectivity index (χ4v) is 2.03. The van der Waals surface area contributed by atoms with E-state index in [9.17, 15) is 4.79 Å². The Bertz CT molecular complexity index is 578. The van der Waals surface area contributed by atoms with Gasteiger partial charge in [-0.2, -0.15) is 0 Å². The number of rotatable bonds is 3. The highest BCUT2D eigenvalue weighted by Gasteiger charge is 2.05. The highest BCUT2D eigenvalue weighted by Crippen LogP contribution is 2.18. The monoisotopic (exact) mass is 293 g/mol. The summed E-state index contributed by atoms with van der Waals surface area (Å²) in [5.41, 5.74) is 0.939. The molecule has 0 aliphatic rings. The fraction of sp³-hybridized carbons (Fsp3) is 0.154. The lowest BCUT2D eigenvalue weighted by molar-refractivity contribution is 0.408. The molecule has 17 heavy (non-hydrogen) atoms. The molecule has 0 aliphatic heterocycles. The highest BCUT2D eigenvalue weighted by atomic mass is 79.9. The second kappa shape index (κ2) is 5.19. The van der Waals surface area contributed by atoms with E-state index in [4.69, 9.17) is 4.74 Å². The van der Waals surface area contributed by atoms with Gasteiger partial charge in [0.15, 0.2) is 0 Å². The van der Waals surface area contributed by atoms with E-state index < -0.39 is 0 Å². The molecule has 0 unspecified atom stereocenters. The van der Waals surface area contributed by atoms with Crippen LogP contribution in [0.3, 0.4) is 0 Å². The van der Waals surface area contributed by atoms with Crippen molar-refractivity contribution in [3.8, 4) is 5.75 Å². The van der Waals surface area contributed by atoms with E-state index in [1.165, 1.54) is 0 Å². The Kier molecular flexibility index (Phi) is 3.64. The lowest BCUT2D eigenvalue weighted by Gasteiger charge is -2.10. The summed E-state index contributed by atoms with van der Waals surface area (Å²) in [5.74, 6) is 0.791. The summed E-state index contributed by atoms with van der Waals surface area (Å²) in [4.78, 5) is 11.8. The van der Waals surface area contributed by atoms with Gasteiger partial charge in [-0.25, -0.2) is 0 Å². The summed E-state index contributed by atoms with van der Waals surface area (Å²) in [5, 5.41) is 0. The third kappa shape index (κ3) is 2.58. The molecule has 2 aromatic rings. The second-order valence-corrected chi connectivity index (χ2v) is 4.46. The molecule has 0 bridgehead atoms. The first-order valence-corrected chi connectivity index (χ1v) is 5.98. The van der Waals surface area contributed by atoms with E-state index in [1.807, 2.05) is 30.3 Å². The molecule has 1 aromatic heterocycles.